The summed E-state index contributed by atoms with van der Waals surface area (Å²) in [5, 5.41) is 9.23. The lowest BCUT2D eigenvalue weighted by Gasteiger charge is -2.36. The van der Waals surface area contributed by atoms with Crippen molar-refractivity contribution in [2.45, 2.75) is 12.6 Å². The molecule has 3 nitrogen and oxygen atoms in total. The van der Waals surface area contributed by atoms with E-state index in [1.54, 1.807) is 12.1 Å². The average molecular weight is 215 g/mol. The second-order valence-electron chi connectivity index (χ2n) is 3.62. The highest BCUT2D eigenvalue weighted by Gasteiger charge is 2.22. The minimum absolute atomic E-state index is 0. The minimum atomic E-state index is 0. The molecule has 1 aromatic rings. The van der Waals surface area contributed by atoms with E-state index < -0.39 is 0 Å². The summed E-state index contributed by atoms with van der Waals surface area (Å²) >= 11 is 0. The number of halogens is 1. The Balaban J connectivity index is 0.000000980. The summed E-state index contributed by atoms with van der Waals surface area (Å²) in [4.78, 5) is 2.26. The molecule has 1 heterocycles. The zero-order valence-corrected chi connectivity index (χ0v) is 8.70. The second kappa shape index (κ2) is 4.64. The lowest BCUT2D eigenvalue weighted by atomic mass is 10.1. The molecule has 14 heavy (non-hydrogen) atoms. The molecule has 0 amide bonds. The van der Waals surface area contributed by atoms with E-state index in [1.165, 1.54) is 0 Å². The third-order valence-corrected chi connectivity index (χ3v) is 2.30. The van der Waals surface area contributed by atoms with E-state index in [-0.39, 0.29) is 12.4 Å². The molecule has 0 spiro atoms. The van der Waals surface area contributed by atoms with Crippen LogP contribution in [0, 0.1) is 0 Å². The second-order valence-corrected chi connectivity index (χ2v) is 3.62. The SMILES string of the molecule is Cl.NC1CN(Cc2cccc(O)c2)C1. The molecule has 1 aromatic carbocycles. The van der Waals surface area contributed by atoms with Crippen molar-refractivity contribution in [1.82, 2.24) is 4.90 Å². The fraction of sp³-hybridized carbons (Fsp3) is 0.400. The molecule has 78 valence electrons. The molecule has 0 unspecified atom stereocenters. The van der Waals surface area contributed by atoms with Crippen LogP contribution < -0.4 is 5.73 Å². The molecule has 0 atom stereocenters. The Morgan fingerprint density at radius 1 is 1.43 bits per heavy atom. The Morgan fingerprint density at radius 2 is 2.14 bits per heavy atom. The lowest BCUT2D eigenvalue weighted by molar-refractivity contribution is 0.142. The fourth-order valence-electron chi connectivity index (χ4n) is 1.65. The molecule has 4 heteroatoms. The van der Waals surface area contributed by atoms with E-state index in [9.17, 15) is 5.11 Å². The number of phenolic OH excluding ortho intramolecular Hbond substituents is 1. The first-order valence-corrected chi connectivity index (χ1v) is 4.50. The van der Waals surface area contributed by atoms with Gasteiger partial charge < -0.3 is 10.8 Å². The van der Waals surface area contributed by atoms with E-state index >= 15 is 0 Å². The van der Waals surface area contributed by atoms with Crippen molar-refractivity contribution in [3.8, 4) is 5.75 Å². The van der Waals surface area contributed by atoms with Crippen molar-refractivity contribution < 1.29 is 5.11 Å². The van der Waals surface area contributed by atoms with Crippen molar-refractivity contribution in [3.63, 3.8) is 0 Å². The topological polar surface area (TPSA) is 49.5 Å². The maximum atomic E-state index is 9.23. The van der Waals surface area contributed by atoms with Crippen LogP contribution in [0.2, 0.25) is 0 Å². The van der Waals surface area contributed by atoms with E-state index in [1.807, 2.05) is 12.1 Å². The van der Waals surface area contributed by atoms with Crippen LogP contribution in [0.3, 0.4) is 0 Å². The van der Waals surface area contributed by atoms with Gasteiger partial charge in [0.15, 0.2) is 0 Å². The number of hydrogen-bond donors (Lipinski definition) is 2. The van der Waals surface area contributed by atoms with Gasteiger partial charge in [0.2, 0.25) is 0 Å². The van der Waals surface area contributed by atoms with Crippen molar-refractivity contribution in [1.29, 1.82) is 0 Å². The monoisotopic (exact) mass is 214 g/mol. The number of hydrogen-bond acceptors (Lipinski definition) is 3. The maximum Gasteiger partial charge on any atom is 0.115 e. The number of aromatic hydroxyl groups is 1. The highest BCUT2D eigenvalue weighted by Crippen LogP contribution is 2.15. The first kappa shape index (κ1) is 11.3. The Hall–Kier alpha value is -0.770. The zero-order chi connectivity index (χ0) is 9.26. The average Bonchev–Trinajstić information content (AvgIpc) is 2.01. The molecule has 1 aliphatic rings. The molecule has 0 saturated carbocycles. The molecule has 0 aliphatic carbocycles. The Labute approximate surface area is 89.9 Å². The van der Waals surface area contributed by atoms with Gasteiger partial charge in [-0.05, 0) is 17.7 Å². The van der Waals surface area contributed by atoms with Crippen LogP contribution in [0.4, 0.5) is 0 Å². The molecule has 2 rings (SSSR count). The van der Waals surface area contributed by atoms with Crippen molar-refractivity contribution in [3.05, 3.63) is 29.8 Å². The van der Waals surface area contributed by atoms with Crippen molar-refractivity contribution in [2.75, 3.05) is 13.1 Å². The van der Waals surface area contributed by atoms with Gasteiger partial charge in [-0.25, -0.2) is 0 Å². The molecular formula is C10H15ClN2O. The lowest BCUT2D eigenvalue weighted by Crippen LogP contribution is -2.54. The van der Waals surface area contributed by atoms with Gasteiger partial charge in [0, 0.05) is 25.7 Å². The summed E-state index contributed by atoms with van der Waals surface area (Å²) in [7, 11) is 0. The normalized spacial score (nSPS) is 17.2. The zero-order valence-electron chi connectivity index (χ0n) is 7.89. The molecular weight excluding hydrogens is 200 g/mol. The Bertz CT molecular complexity index is 300. The van der Waals surface area contributed by atoms with E-state index in [0.717, 1.165) is 25.2 Å². The van der Waals surface area contributed by atoms with Crippen LogP contribution in [0.1, 0.15) is 5.56 Å². The number of benzene rings is 1. The van der Waals surface area contributed by atoms with Gasteiger partial charge in [-0.2, -0.15) is 0 Å². The largest absolute Gasteiger partial charge is 0.508 e. The standard InChI is InChI=1S/C10H14N2O.ClH/c11-9-6-12(7-9)5-8-2-1-3-10(13)4-8;/h1-4,9,13H,5-7,11H2;1H. The smallest absolute Gasteiger partial charge is 0.115 e. The molecule has 0 bridgehead atoms. The summed E-state index contributed by atoms with van der Waals surface area (Å²) in [6.07, 6.45) is 0. The highest BCUT2D eigenvalue weighted by molar-refractivity contribution is 5.85. The van der Waals surface area contributed by atoms with Crippen molar-refractivity contribution in [2.24, 2.45) is 5.73 Å². The number of phenols is 1. The highest BCUT2D eigenvalue weighted by atomic mass is 35.5. The van der Waals surface area contributed by atoms with E-state index in [2.05, 4.69) is 4.90 Å². The van der Waals surface area contributed by atoms with Crippen LogP contribution in [0.25, 0.3) is 0 Å². The van der Waals surface area contributed by atoms with E-state index in [4.69, 9.17) is 5.73 Å². The van der Waals surface area contributed by atoms with Crippen LogP contribution in [0.15, 0.2) is 24.3 Å². The fourth-order valence-corrected chi connectivity index (χ4v) is 1.65. The first-order chi connectivity index (χ1) is 6.24. The molecule has 0 radical (unpaired) electrons. The van der Waals surface area contributed by atoms with Crippen LogP contribution in [0.5, 0.6) is 5.75 Å². The number of nitrogens with two attached hydrogens (primary N) is 1. The van der Waals surface area contributed by atoms with Crippen LogP contribution in [-0.4, -0.2) is 29.1 Å². The summed E-state index contributed by atoms with van der Waals surface area (Å²) in [5.41, 5.74) is 6.81. The van der Waals surface area contributed by atoms with Crippen LogP contribution in [-0.2, 0) is 6.54 Å². The Kier molecular flexibility index (Phi) is 3.75. The van der Waals surface area contributed by atoms with Gasteiger partial charge in [-0.3, -0.25) is 4.90 Å². The minimum Gasteiger partial charge on any atom is -0.508 e. The summed E-state index contributed by atoms with van der Waals surface area (Å²) in [6, 6.07) is 7.71. The van der Waals surface area contributed by atoms with Gasteiger partial charge in [0.25, 0.3) is 0 Å². The quantitative estimate of drug-likeness (QED) is 0.771. The van der Waals surface area contributed by atoms with Crippen molar-refractivity contribution >= 4 is 12.4 Å². The van der Waals surface area contributed by atoms with Gasteiger partial charge in [-0.15, -0.1) is 12.4 Å². The maximum absolute atomic E-state index is 9.23. The first-order valence-electron chi connectivity index (χ1n) is 4.50. The molecule has 0 aromatic heterocycles. The predicted molar refractivity (Wildman–Crippen MR) is 58.6 cm³/mol. The van der Waals surface area contributed by atoms with E-state index in [0.29, 0.717) is 11.8 Å². The third kappa shape index (κ3) is 2.61. The number of rotatable bonds is 2. The van der Waals surface area contributed by atoms with Crippen LogP contribution >= 0.6 is 12.4 Å². The third-order valence-electron chi connectivity index (χ3n) is 2.30. The van der Waals surface area contributed by atoms with Gasteiger partial charge in [0.05, 0.1) is 0 Å². The molecule has 1 aliphatic heterocycles. The van der Waals surface area contributed by atoms with Gasteiger partial charge in [-0.1, -0.05) is 12.1 Å². The summed E-state index contributed by atoms with van der Waals surface area (Å²) in [6.45, 7) is 2.83. The Morgan fingerprint density at radius 3 is 2.71 bits per heavy atom. The molecule has 3 N–H and O–H groups in total. The summed E-state index contributed by atoms with van der Waals surface area (Å²) < 4.78 is 0. The van der Waals surface area contributed by atoms with Gasteiger partial charge in [0.1, 0.15) is 5.75 Å². The predicted octanol–water partition coefficient (Wildman–Crippen LogP) is 0.957. The van der Waals surface area contributed by atoms with Gasteiger partial charge >= 0.3 is 0 Å². The number of nitrogens with zero attached hydrogens (tertiary/aromatic N) is 1. The molecule has 1 saturated heterocycles. The number of likely N-dealkylation sites (tertiary alicyclic amines) is 1. The summed E-state index contributed by atoms with van der Waals surface area (Å²) in [5.74, 6) is 0.335. The molecule has 1 fully saturated rings.